The number of rotatable bonds is 4. The molecule has 0 radical (unpaired) electrons. The topological polar surface area (TPSA) is 49.9 Å². The number of ether oxygens (including phenoxy) is 1. The quantitative estimate of drug-likeness (QED) is 0.767. The summed E-state index contributed by atoms with van der Waals surface area (Å²) < 4.78 is 5.48. The first-order chi connectivity index (χ1) is 11.4. The van der Waals surface area contributed by atoms with E-state index in [4.69, 9.17) is 27.9 Å². The van der Waals surface area contributed by atoms with Gasteiger partial charge in [-0.2, -0.15) is 0 Å². The van der Waals surface area contributed by atoms with Gasteiger partial charge in [-0.05, 0) is 30.7 Å². The number of benzene rings is 1. The summed E-state index contributed by atoms with van der Waals surface area (Å²) in [6, 6.07) is 4.88. The van der Waals surface area contributed by atoms with Crippen LogP contribution in [0.2, 0.25) is 10.0 Å². The lowest BCUT2D eigenvalue weighted by atomic mass is 9.79. The van der Waals surface area contributed by atoms with Gasteiger partial charge in [0.25, 0.3) is 5.91 Å². The lowest BCUT2D eigenvalue weighted by Crippen LogP contribution is -2.60. The van der Waals surface area contributed by atoms with Gasteiger partial charge in [0.05, 0.1) is 5.02 Å². The van der Waals surface area contributed by atoms with Crippen LogP contribution >= 0.6 is 23.2 Å². The molecule has 5 nitrogen and oxygen atoms in total. The molecule has 0 bridgehead atoms. The molecule has 2 aliphatic heterocycles. The molecule has 2 amide bonds. The van der Waals surface area contributed by atoms with E-state index in [0.29, 0.717) is 35.4 Å². The Hall–Kier alpha value is -1.72. The van der Waals surface area contributed by atoms with Crippen LogP contribution in [0.5, 0.6) is 5.75 Å². The Morgan fingerprint density at radius 2 is 1.96 bits per heavy atom. The van der Waals surface area contributed by atoms with Crippen LogP contribution in [0.25, 0.3) is 0 Å². The van der Waals surface area contributed by atoms with Crippen molar-refractivity contribution < 1.29 is 14.3 Å². The molecule has 128 valence electrons. The number of amides is 2. The lowest BCUT2D eigenvalue weighted by molar-refractivity contribution is -0.145. The van der Waals surface area contributed by atoms with Crippen LogP contribution in [0.3, 0.4) is 0 Å². The van der Waals surface area contributed by atoms with Crippen LogP contribution in [0.1, 0.15) is 6.42 Å². The zero-order chi connectivity index (χ0) is 17.3. The van der Waals surface area contributed by atoms with Crippen molar-refractivity contribution in [2.45, 2.75) is 6.42 Å². The molecular formula is C17H18Cl2N2O3. The number of hydrogen-bond acceptors (Lipinski definition) is 3. The van der Waals surface area contributed by atoms with E-state index in [0.717, 1.165) is 13.0 Å². The maximum absolute atomic E-state index is 12.2. The molecule has 2 heterocycles. The zero-order valence-electron chi connectivity index (χ0n) is 13.1. The highest BCUT2D eigenvalue weighted by molar-refractivity contribution is 6.35. The van der Waals surface area contributed by atoms with Crippen molar-refractivity contribution in [1.29, 1.82) is 0 Å². The van der Waals surface area contributed by atoms with Crippen molar-refractivity contribution in [3.63, 3.8) is 0 Å². The predicted octanol–water partition coefficient (Wildman–Crippen LogP) is 2.62. The average Bonchev–Trinajstić information content (AvgIpc) is 2.97. The summed E-state index contributed by atoms with van der Waals surface area (Å²) in [7, 11) is 0. The van der Waals surface area contributed by atoms with Crippen LogP contribution < -0.4 is 4.74 Å². The average molecular weight is 369 g/mol. The molecule has 1 aromatic rings. The van der Waals surface area contributed by atoms with Crippen LogP contribution in [0, 0.1) is 5.41 Å². The summed E-state index contributed by atoms with van der Waals surface area (Å²) in [5.41, 5.74) is 0.0340. The maximum Gasteiger partial charge on any atom is 0.260 e. The number of carbonyl (C=O) groups is 2. The Morgan fingerprint density at radius 3 is 2.62 bits per heavy atom. The molecule has 3 rings (SSSR count). The van der Waals surface area contributed by atoms with E-state index < -0.39 is 0 Å². The van der Waals surface area contributed by atoms with Gasteiger partial charge in [0.15, 0.2) is 6.61 Å². The summed E-state index contributed by atoms with van der Waals surface area (Å²) in [5.74, 6) is 0.311. The van der Waals surface area contributed by atoms with Crippen molar-refractivity contribution in [2.24, 2.45) is 5.41 Å². The van der Waals surface area contributed by atoms with E-state index in [9.17, 15) is 9.59 Å². The van der Waals surface area contributed by atoms with Gasteiger partial charge in [0.2, 0.25) is 5.91 Å². The minimum Gasteiger partial charge on any atom is -0.482 e. The zero-order valence-corrected chi connectivity index (χ0v) is 14.6. The number of nitrogens with zero attached hydrogens (tertiary/aromatic N) is 2. The van der Waals surface area contributed by atoms with E-state index in [-0.39, 0.29) is 23.8 Å². The molecule has 0 N–H and O–H groups in total. The van der Waals surface area contributed by atoms with Gasteiger partial charge in [-0.15, -0.1) is 0 Å². The van der Waals surface area contributed by atoms with E-state index in [1.807, 2.05) is 0 Å². The Balaban J connectivity index is 1.49. The van der Waals surface area contributed by atoms with Gasteiger partial charge in [0.1, 0.15) is 5.75 Å². The Labute approximate surface area is 150 Å². The second kappa shape index (κ2) is 6.65. The highest BCUT2D eigenvalue weighted by Crippen LogP contribution is 2.39. The van der Waals surface area contributed by atoms with Crippen LogP contribution in [0.4, 0.5) is 0 Å². The highest BCUT2D eigenvalue weighted by atomic mass is 35.5. The molecule has 1 aromatic carbocycles. The largest absolute Gasteiger partial charge is 0.482 e. The van der Waals surface area contributed by atoms with Gasteiger partial charge in [-0.1, -0.05) is 29.8 Å². The number of likely N-dealkylation sites (tertiary alicyclic amines) is 2. The van der Waals surface area contributed by atoms with Gasteiger partial charge >= 0.3 is 0 Å². The molecular weight excluding hydrogens is 351 g/mol. The number of carbonyl (C=O) groups excluding carboxylic acids is 2. The molecule has 24 heavy (non-hydrogen) atoms. The molecule has 0 saturated carbocycles. The van der Waals surface area contributed by atoms with Crippen LogP contribution in [-0.4, -0.2) is 54.4 Å². The fourth-order valence-electron chi connectivity index (χ4n) is 3.27. The number of halogens is 2. The minimum atomic E-state index is -0.0832. The fourth-order valence-corrected chi connectivity index (χ4v) is 3.74. The van der Waals surface area contributed by atoms with E-state index in [1.165, 1.54) is 6.08 Å². The standard InChI is InChI=1S/C17H18Cl2N2O3/c1-2-15(22)20-6-5-17(9-20)10-21(11-17)16(23)8-24-14-4-3-12(18)7-13(14)19/h2-4,7H,1,5-6,8-11H2. The summed E-state index contributed by atoms with van der Waals surface area (Å²) in [4.78, 5) is 27.4. The third-order valence-electron chi connectivity index (χ3n) is 4.57. The monoisotopic (exact) mass is 368 g/mol. The first kappa shape index (κ1) is 17.1. The second-order valence-corrected chi connectivity index (χ2v) is 7.17. The molecule has 2 aliphatic rings. The lowest BCUT2D eigenvalue weighted by Gasteiger charge is -2.47. The molecule has 7 heteroatoms. The van der Waals surface area contributed by atoms with Crippen molar-refractivity contribution in [3.8, 4) is 5.75 Å². The summed E-state index contributed by atoms with van der Waals surface area (Å²) in [5, 5.41) is 0.896. The third kappa shape index (κ3) is 3.37. The molecule has 0 aliphatic carbocycles. The molecule has 2 saturated heterocycles. The van der Waals surface area contributed by atoms with Crippen molar-refractivity contribution in [2.75, 3.05) is 32.8 Å². The molecule has 0 aromatic heterocycles. The summed E-state index contributed by atoms with van der Waals surface area (Å²) in [6.07, 6.45) is 2.25. The highest BCUT2D eigenvalue weighted by Gasteiger charge is 2.49. The Kier molecular flexibility index (Phi) is 4.74. The van der Waals surface area contributed by atoms with Crippen molar-refractivity contribution in [1.82, 2.24) is 9.80 Å². The van der Waals surface area contributed by atoms with Crippen molar-refractivity contribution >= 4 is 35.0 Å². The Bertz CT molecular complexity index is 686. The van der Waals surface area contributed by atoms with Crippen LogP contribution in [0.15, 0.2) is 30.9 Å². The first-order valence-electron chi connectivity index (χ1n) is 7.69. The fraction of sp³-hybridized carbons (Fsp3) is 0.412. The van der Waals surface area contributed by atoms with Crippen LogP contribution in [-0.2, 0) is 9.59 Å². The van der Waals surface area contributed by atoms with E-state index in [1.54, 1.807) is 28.0 Å². The summed E-state index contributed by atoms with van der Waals surface area (Å²) >= 11 is 11.8. The Morgan fingerprint density at radius 1 is 1.25 bits per heavy atom. The predicted molar refractivity (Wildman–Crippen MR) is 92.4 cm³/mol. The van der Waals surface area contributed by atoms with Gasteiger partial charge in [0, 0.05) is 36.6 Å². The van der Waals surface area contributed by atoms with Gasteiger partial charge < -0.3 is 14.5 Å². The van der Waals surface area contributed by atoms with E-state index in [2.05, 4.69) is 6.58 Å². The minimum absolute atomic E-state index is 0.0340. The smallest absolute Gasteiger partial charge is 0.260 e. The molecule has 2 fully saturated rings. The maximum atomic E-state index is 12.2. The van der Waals surface area contributed by atoms with E-state index >= 15 is 0 Å². The third-order valence-corrected chi connectivity index (χ3v) is 5.11. The van der Waals surface area contributed by atoms with Gasteiger partial charge in [-0.3, -0.25) is 9.59 Å². The van der Waals surface area contributed by atoms with Crippen molar-refractivity contribution in [3.05, 3.63) is 40.9 Å². The molecule has 0 atom stereocenters. The second-order valence-electron chi connectivity index (χ2n) is 6.33. The molecule has 1 spiro atoms. The first-order valence-corrected chi connectivity index (χ1v) is 8.45. The number of hydrogen-bond donors (Lipinski definition) is 0. The SMILES string of the molecule is C=CC(=O)N1CCC2(C1)CN(C(=O)COc1ccc(Cl)cc1Cl)C2. The van der Waals surface area contributed by atoms with Gasteiger partial charge in [-0.25, -0.2) is 0 Å². The normalized spacial score (nSPS) is 18.4. The summed E-state index contributed by atoms with van der Waals surface area (Å²) in [6.45, 7) is 6.18. The molecule has 0 unspecified atom stereocenters.